The van der Waals surface area contributed by atoms with Crippen molar-refractivity contribution < 1.29 is 14.7 Å². The van der Waals surface area contributed by atoms with E-state index in [4.69, 9.17) is 0 Å². The van der Waals surface area contributed by atoms with Gasteiger partial charge in [0.2, 0.25) is 11.6 Å². The Morgan fingerprint density at radius 1 is 0.931 bits per heavy atom. The van der Waals surface area contributed by atoms with Crippen LogP contribution in [-0.4, -0.2) is 23.2 Å². The summed E-state index contributed by atoms with van der Waals surface area (Å²) >= 11 is 0. The molecule has 1 rings (SSSR count). The summed E-state index contributed by atoms with van der Waals surface area (Å²) < 4.78 is 0. The molecule has 0 spiro atoms. The summed E-state index contributed by atoms with van der Waals surface area (Å²) in [5.41, 5.74) is 3.58. The van der Waals surface area contributed by atoms with Gasteiger partial charge in [0.25, 0.3) is 0 Å². The number of nitrogens with one attached hydrogen (secondary N) is 1. The zero-order chi connectivity index (χ0) is 21.8. The first-order valence-corrected chi connectivity index (χ1v) is 11.1. The first-order chi connectivity index (χ1) is 13.8. The number of rotatable bonds is 13. The van der Waals surface area contributed by atoms with Crippen molar-refractivity contribution in [2.45, 2.75) is 92.4 Å². The van der Waals surface area contributed by atoms with Crippen LogP contribution in [0.2, 0.25) is 0 Å². The highest BCUT2D eigenvalue weighted by atomic mass is 16.3. The molecule has 0 aromatic carbocycles. The minimum atomic E-state index is -0.552. The molecule has 1 aliphatic rings. The van der Waals surface area contributed by atoms with Crippen LogP contribution in [0.1, 0.15) is 92.4 Å². The molecule has 0 aromatic rings. The second-order valence-electron chi connectivity index (χ2n) is 8.15. The third-order valence-corrected chi connectivity index (χ3v) is 5.19. The van der Waals surface area contributed by atoms with E-state index in [0.29, 0.717) is 24.2 Å². The third kappa shape index (κ3) is 8.04. The van der Waals surface area contributed by atoms with Crippen LogP contribution in [0.3, 0.4) is 0 Å². The van der Waals surface area contributed by atoms with E-state index in [-0.39, 0.29) is 17.8 Å². The molecular formula is C25H39NO3. The Kier molecular flexibility index (Phi) is 11.3. The smallest absolute Gasteiger partial charge is 0.233 e. The predicted octanol–water partition coefficient (Wildman–Crippen LogP) is 6.26. The number of carbonyl (C=O) groups is 2. The van der Waals surface area contributed by atoms with E-state index < -0.39 is 11.6 Å². The Bertz CT molecular complexity index is 704. The van der Waals surface area contributed by atoms with Gasteiger partial charge in [-0.05, 0) is 59.3 Å². The van der Waals surface area contributed by atoms with Gasteiger partial charge in [0.1, 0.15) is 5.76 Å². The molecular weight excluding hydrogens is 362 g/mol. The predicted molar refractivity (Wildman–Crippen MR) is 121 cm³/mol. The van der Waals surface area contributed by atoms with Gasteiger partial charge in [-0.3, -0.25) is 9.59 Å². The molecule has 29 heavy (non-hydrogen) atoms. The number of hydrogen-bond donors (Lipinski definition) is 2. The van der Waals surface area contributed by atoms with Crippen LogP contribution in [0.15, 0.2) is 45.9 Å². The van der Waals surface area contributed by atoms with E-state index >= 15 is 0 Å². The summed E-state index contributed by atoms with van der Waals surface area (Å²) in [6.45, 7) is 11.1. The molecule has 0 saturated carbocycles. The molecule has 0 heterocycles. The first-order valence-electron chi connectivity index (χ1n) is 11.1. The third-order valence-electron chi connectivity index (χ3n) is 5.19. The summed E-state index contributed by atoms with van der Waals surface area (Å²) in [7, 11) is 0. The Morgan fingerprint density at radius 2 is 1.59 bits per heavy atom. The maximum absolute atomic E-state index is 12.8. The quantitative estimate of drug-likeness (QED) is 0.165. The summed E-state index contributed by atoms with van der Waals surface area (Å²) in [5.74, 6) is -1.04. The number of ketones is 2. The van der Waals surface area contributed by atoms with Crippen molar-refractivity contribution in [1.82, 2.24) is 5.32 Å². The van der Waals surface area contributed by atoms with Crippen molar-refractivity contribution in [3.8, 4) is 0 Å². The van der Waals surface area contributed by atoms with Crippen molar-refractivity contribution >= 4 is 11.6 Å². The fourth-order valence-electron chi connectivity index (χ4n) is 3.32. The molecule has 0 aliphatic heterocycles. The molecule has 2 N–H and O–H groups in total. The molecule has 0 aromatic heterocycles. The fraction of sp³-hybridized carbons (Fsp3) is 0.600. The monoisotopic (exact) mass is 401 g/mol. The summed E-state index contributed by atoms with van der Waals surface area (Å²) in [4.78, 5) is 25.5. The summed E-state index contributed by atoms with van der Waals surface area (Å²) in [5, 5.41) is 14.1. The second kappa shape index (κ2) is 13.2. The minimum absolute atomic E-state index is 0.0365. The van der Waals surface area contributed by atoms with Crippen molar-refractivity contribution in [2.75, 3.05) is 6.54 Å². The number of allylic oxidation sites excluding steroid dienone is 6. The average Bonchev–Trinajstić information content (AvgIpc) is 2.67. The van der Waals surface area contributed by atoms with Gasteiger partial charge >= 0.3 is 0 Å². The lowest BCUT2D eigenvalue weighted by molar-refractivity contribution is -0.132. The molecule has 4 nitrogen and oxygen atoms in total. The number of aliphatic hydroxyl groups is 1. The molecule has 0 amide bonds. The van der Waals surface area contributed by atoms with Crippen LogP contribution in [0.4, 0.5) is 0 Å². The molecule has 1 aliphatic carbocycles. The molecule has 0 atom stereocenters. The Balaban J connectivity index is 3.08. The number of aliphatic hydroxyl groups excluding tert-OH is 1. The van der Waals surface area contributed by atoms with Crippen LogP contribution < -0.4 is 5.32 Å². The highest BCUT2D eigenvalue weighted by Crippen LogP contribution is 2.29. The summed E-state index contributed by atoms with van der Waals surface area (Å²) in [6, 6.07) is 0. The maximum atomic E-state index is 12.8. The standard InChI is InChI=1S/C25H39NO3/c1-6-8-10-14-20-22(26-17-9-7-2)23(27)21(25(29)24(20)28)16-15-19(5)13-11-12-18(3)4/h12,15,26-27H,6-11,13-14,16-17H2,1-5H3/b19-15+. The number of hydrogen-bond acceptors (Lipinski definition) is 4. The van der Waals surface area contributed by atoms with E-state index in [9.17, 15) is 14.7 Å². The molecule has 4 heteroatoms. The molecule has 0 radical (unpaired) electrons. The Morgan fingerprint density at radius 3 is 2.21 bits per heavy atom. The van der Waals surface area contributed by atoms with Crippen molar-refractivity contribution in [3.05, 3.63) is 45.9 Å². The molecule has 0 fully saturated rings. The maximum Gasteiger partial charge on any atom is 0.233 e. The normalized spacial score (nSPS) is 15.3. The lowest BCUT2D eigenvalue weighted by Crippen LogP contribution is -2.32. The first kappa shape index (κ1) is 24.9. The number of Topliss-reactive ketones (excluding diaryl/α,β-unsaturated/α-hetero) is 2. The van der Waals surface area contributed by atoms with E-state index in [0.717, 1.165) is 50.5 Å². The second-order valence-corrected chi connectivity index (χ2v) is 8.15. The molecule has 0 bridgehead atoms. The molecule has 0 unspecified atom stereocenters. The highest BCUT2D eigenvalue weighted by molar-refractivity contribution is 6.50. The van der Waals surface area contributed by atoms with Crippen molar-refractivity contribution in [3.63, 3.8) is 0 Å². The fourth-order valence-corrected chi connectivity index (χ4v) is 3.32. The highest BCUT2D eigenvalue weighted by Gasteiger charge is 2.34. The van der Waals surface area contributed by atoms with Gasteiger partial charge in [0, 0.05) is 12.1 Å². The summed E-state index contributed by atoms with van der Waals surface area (Å²) in [6.07, 6.45) is 11.7. The number of unbranched alkanes of at least 4 members (excludes halogenated alkanes) is 3. The van der Waals surface area contributed by atoms with Crippen LogP contribution in [0.5, 0.6) is 0 Å². The largest absolute Gasteiger partial charge is 0.505 e. The Hall–Kier alpha value is -2.10. The average molecular weight is 402 g/mol. The van der Waals surface area contributed by atoms with Crippen LogP contribution in [0, 0.1) is 0 Å². The van der Waals surface area contributed by atoms with Gasteiger partial charge in [0.15, 0.2) is 0 Å². The number of carbonyl (C=O) groups excluding carboxylic acids is 2. The van der Waals surface area contributed by atoms with Gasteiger partial charge in [0.05, 0.1) is 11.3 Å². The Labute approximate surface area is 176 Å². The zero-order valence-corrected chi connectivity index (χ0v) is 19.0. The van der Waals surface area contributed by atoms with Gasteiger partial charge in [-0.25, -0.2) is 0 Å². The van der Waals surface area contributed by atoms with Crippen molar-refractivity contribution in [2.24, 2.45) is 0 Å². The topological polar surface area (TPSA) is 66.4 Å². The van der Waals surface area contributed by atoms with Gasteiger partial charge < -0.3 is 10.4 Å². The zero-order valence-electron chi connectivity index (χ0n) is 19.0. The van der Waals surface area contributed by atoms with Gasteiger partial charge in [-0.2, -0.15) is 0 Å². The molecule has 162 valence electrons. The van der Waals surface area contributed by atoms with Crippen LogP contribution in [-0.2, 0) is 9.59 Å². The van der Waals surface area contributed by atoms with Crippen LogP contribution in [0.25, 0.3) is 0 Å². The molecule has 0 saturated heterocycles. The lowest BCUT2D eigenvalue weighted by atomic mass is 9.87. The van der Waals surface area contributed by atoms with E-state index in [1.807, 2.05) is 13.0 Å². The van der Waals surface area contributed by atoms with E-state index in [1.54, 1.807) is 0 Å². The lowest BCUT2D eigenvalue weighted by Gasteiger charge is -2.22. The van der Waals surface area contributed by atoms with Crippen LogP contribution >= 0.6 is 0 Å². The van der Waals surface area contributed by atoms with Crippen molar-refractivity contribution in [1.29, 1.82) is 0 Å². The van der Waals surface area contributed by atoms with E-state index in [1.165, 1.54) is 5.57 Å². The van der Waals surface area contributed by atoms with E-state index in [2.05, 4.69) is 39.1 Å². The SMILES string of the molecule is CCCCCC1=C(NCCCC)C(O)=C(C/C=C(\C)CCC=C(C)C)C(=O)C1=O. The van der Waals surface area contributed by atoms with Gasteiger partial charge in [-0.15, -0.1) is 0 Å². The van der Waals surface area contributed by atoms with Gasteiger partial charge in [-0.1, -0.05) is 56.4 Å². The minimum Gasteiger partial charge on any atom is -0.505 e.